The first-order valence-corrected chi connectivity index (χ1v) is 3.37. The average molecular weight is 290 g/mol. The third kappa shape index (κ3) is 15.3. The Morgan fingerprint density at radius 2 is 1.22 bits per heavy atom. The van der Waals surface area contributed by atoms with Crippen molar-refractivity contribution in [2.75, 3.05) is 13.1 Å². The maximum atomic E-state index is 10.1. The first kappa shape index (κ1) is 31.6. The molecule has 1 atom stereocenters. The summed E-state index contributed by atoms with van der Waals surface area (Å²) in [7, 11) is 0. The number of carboxylic acid groups (broad SMARTS) is 3. The minimum atomic E-state index is -2.33. The van der Waals surface area contributed by atoms with E-state index in [1.807, 2.05) is 0 Å². The van der Waals surface area contributed by atoms with Gasteiger partial charge < -0.3 is 41.0 Å². The van der Waals surface area contributed by atoms with Crippen LogP contribution in [0.15, 0.2) is 0 Å². The molecule has 0 rings (SSSR count). The van der Waals surface area contributed by atoms with Crippen LogP contribution in [0.2, 0.25) is 0 Å². The van der Waals surface area contributed by atoms with E-state index in [0.717, 1.165) is 0 Å². The van der Waals surface area contributed by atoms with Gasteiger partial charge in [-0.2, -0.15) is 0 Å². The molecule has 0 fully saturated rings. The van der Waals surface area contributed by atoms with Gasteiger partial charge in [-0.1, -0.05) is 0 Å². The zero-order valence-corrected chi connectivity index (χ0v) is 16.5. The van der Waals surface area contributed by atoms with Gasteiger partial charge in [0.15, 0.2) is 0 Å². The Morgan fingerprint density at radius 1 is 0.944 bits per heavy atom. The molecule has 0 heterocycles. The predicted molar refractivity (Wildman–Crippen MR) is 37.6 cm³/mol. The van der Waals surface area contributed by atoms with E-state index in [1.54, 1.807) is 0 Å². The zero-order chi connectivity index (χ0) is 11.3. The van der Waals surface area contributed by atoms with Crippen molar-refractivity contribution < 1.29 is 123 Å². The van der Waals surface area contributed by atoms with E-state index < -0.39 is 37.2 Å². The third-order valence-electron chi connectivity index (χ3n) is 1.22. The topological polar surface area (TPSA) is 179 Å². The molecule has 0 aromatic heterocycles. The fraction of sp³-hybridized carbons (Fsp3) is 0.500. The fourth-order valence-electron chi connectivity index (χ4n) is 0.710. The number of carbonyl (C=O) groups is 3. The van der Waals surface area contributed by atoms with E-state index in [4.69, 9.17) is 5.11 Å². The molecule has 0 saturated heterocycles. The molecule has 0 spiro atoms. The second-order valence-electron chi connectivity index (χ2n) is 2.34. The number of carbonyl (C=O) groups excluding carboxylic acids is 3. The Kier molecular flexibility index (Phi) is 28.7. The van der Waals surface area contributed by atoms with Gasteiger partial charge in [0.25, 0.3) is 0 Å². The summed E-state index contributed by atoms with van der Waals surface area (Å²) < 4.78 is 0. The summed E-state index contributed by atoms with van der Waals surface area (Å²) in [5.41, 5.74) is 0. The van der Waals surface area contributed by atoms with E-state index in [9.17, 15) is 29.7 Å². The van der Waals surface area contributed by atoms with Gasteiger partial charge in [-0.05, 0) is 0 Å². The SMILES string of the molecule is N.O=C([O-])CN(CC(=O)[O-])C(O)C(=O)[O-].[Na+].[Na+].[Na+]. The number of carboxylic acids is 3. The van der Waals surface area contributed by atoms with Gasteiger partial charge in [0.2, 0.25) is 0 Å². The van der Waals surface area contributed by atoms with Gasteiger partial charge >= 0.3 is 88.7 Å². The van der Waals surface area contributed by atoms with Crippen molar-refractivity contribution in [3.05, 3.63) is 0 Å². The first-order valence-electron chi connectivity index (χ1n) is 3.37. The van der Waals surface area contributed by atoms with Crippen LogP contribution in [0.25, 0.3) is 0 Å². The second kappa shape index (κ2) is 16.3. The molecule has 0 aromatic carbocycles. The second-order valence-corrected chi connectivity index (χ2v) is 2.34. The molecule has 88 valence electrons. The minimum absolute atomic E-state index is 0. The molecule has 0 aliphatic carbocycles. The molecule has 9 nitrogen and oxygen atoms in total. The number of aliphatic carboxylic acids is 3. The summed E-state index contributed by atoms with van der Waals surface area (Å²) in [5, 5.41) is 38.9. The summed E-state index contributed by atoms with van der Waals surface area (Å²) in [6.45, 7) is -2.10. The van der Waals surface area contributed by atoms with E-state index >= 15 is 0 Å². The van der Waals surface area contributed by atoms with Crippen LogP contribution in [0.3, 0.4) is 0 Å². The van der Waals surface area contributed by atoms with E-state index in [-0.39, 0.29) is 99.7 Å². The molecule has 0 amide bonds. The molecule has 1 unspecified atom stereocenters. The number of rotatable bonds is 6. The van der Waals surface area contributed by atoms with Crippen LogP contribution in [-0.2, 0) is 14.4 Å². The van der Waals surface area contributed by atoms with Crippen LogP contribution < -0.4 is 110 Å². The van der Waals surface area contributed by atoms with E-state index in [1.165, 1.54) is 0 Å². The molecule has 0 aliphatic rings. The smallest absolute Gasteiger partial charge is 0.549 e. The number of aliphatic hydroxyl groups is 1. The number of hydrogen-bond acceptors (Lipinski definition) is 9. The Hall–Kier alpha value is 1.29. The standard InChI is InChI=1S/C6H9NO7.H3N.3Na/c8-3(9)1-7(2-4(10)11)5(12)6(13)14;;;;/h5,12H,1-2H2,(H,8,9)(H,10,11)(H,13,14);1H3;;;/q;;3*+1/p-3. The summed E-state index contributed by atoms with van der Waals surface area (Å²) >= 11 is 0. The number of aliphatic hydroxyl groups excluding tert-OH is 1. The van der Waals surface area contributed by atoms with Crippen LogP contribution in [0.1, 0.15) is 0 Å². The van der Waals surface area contributed by atoms with Crippen molar-refractivity contribution in [2.24, 2.45) is 0 Å². The van der Waals surface area contributed by atoms with Gasteiger partial charge in [0, 0.05) is 13.1 Å². The zero-order valence-electron chi connectivity index (χ0n) is 10.5. The average Bonchev–Trinajstić information content (AvgIpc) is 1.99. The van der Waals surface area contributed by atoms with Crippen molar-refractivity contribution in [1.29, 1.82) is 0 Å². The molecular weight excluding hydrogens is 281 g/mol. The van der Waals surface area contributed by atoms with Crippen molar-refractivity contribution >= 4 is 17.9 Å². The van der Waals surface area contributed by atoms with Crippen molar-refractivity contribution in [3.8, 4) is 0 Å². The Labute approximate surface area is 169 Å². The van der Waals surface area contributed by atoms with Gasteiger partial charge in [-0.3, -0.25) is 4.90 Å². The Balaban J connectivity index is -0.000000141. The maximum Gasteiger partial charge on any atom is 1.00 e. The first-order chi connectivity index (χ1) is 6.34. The third-order valence-corrected chi connectivity index (χ3v) is 1.22. The van der Waals surface area contributed by atoms with Gasteiger partial charge in [-0.15, -0.1) is 0 Å². The van der Waals surface area contributed by atoms with Crippen LogP contribution in [0, 0.1) is 0 Å². The summed E-state index contributed by atoms with van der Waals surface area (Å²) in [4.78, 5) is 30.3. The predicted octanol–water partition coefficient (Wildman–Crippen LogP) is -15.0. The summed E-state index contributed by atoms with van der Waals surface area (Å²) in [6.07, 6.45) is -2.33. The molecule has 0 radical (unpaired) electrons. The molecule has 0 saturated carbocycles. The minimum Gasteiger partial charge on any atom is -0.549 e. The van der Waals surface area contributed by atoms with Gasteiger partial charge in [-0.25, -0.2) is 0 Å². The number of nitrogens with zero attached hydrogens (tertiary/aromatic N) is 1. The van der Waals surface area contributed by atoms with Crippen molar-refractivity contribution in [3.63, 3.8) is 0 Å². The van der Waals surface area contributed by atoms with E-state index in [2.05, 4.69) is 0 Å². The molecule has 4 N–H and O–H groups in total. The van der Waals surface area contributed by atoms with Crippen LogP contribution in [0.5, 0.6) is 0 Å². The fourth-order valence-corrected chi connectivity index (χ4v) is 0.710. The Bertz CT molecular complexity index is 250. The van der Waals surface area contributed by atoms with Crippen molar-refractivity contribution in [1.82, 2.24) is 11.1 Å². The van der Waals surface area contributed by atoms with E-state index in [0.29, 0.717) is 0 Å². The quantitative estimate of drug-likeness (QED) is 0.354. The van der Waals surface area contributed by atoms with Crippen LogP contribution >= 0.6 is 0 Å². The number of hydrogen-bond donors (Lipinski definition) is 2. The molecule has 12 heteroatoms. The van der Waals surface area contributed by atoms with Crippen molar-refractivity contribution in [2.45, 2.75) is 6.23 Å². The molecule has 18 heavy (non-hydrogen) atoms. The van der Waals surface area contributed by atoms with Crippen LogP contribution in [-0.4, -0.2) is 47.2 Å². The summed E-state index contributed by atoms with van der Waals surface area (Å²) in [6, 6.07) is 0. The molecule has 0 bridgehead atoms. The van der Waals surface area contributed by atoms with Gasteiger partial charge in [0.05, 0.1) is 17.9 Å². The largest absolute Gasteiger partial charge is 1.00 e. The van der Waals surface area contributed by atoms with Gasteiger partial charge in [0.1, 0.15) is 6.23 Å². The monoisotopic (exact) mass is 290 g/mol. The normalized spacial score (nSPS) is 9.67. The molecule has 0 aromatic rings. The maximum absolute atomic E-state index is 10.1. The van der Waals surface area contributed by atoms with Crippen LogP contribution in [0.4, 0.5) is 0 Å². The summed E-state index contributed by atoms with van der Waals surface area (Å²) in [5.74, 6) is -5.47. The molecule has 0 aliphatic heterocycles. The molecular formula is C6H9N2Na3O7. The Morgan fingerprint density at radius 3 is 1.39 bits per heavy atom.